The summed E-state index contributed by atoms with van der Waals surface area (Å²) < 4.78 is 0. The van der Waals surface area contributed by atoms with Crippen molar-refractivity contribution in [1.29, 1.82) is 0 Å². The minimum atomic E-state index is 0.0521. The average Bonchev–Trinajstić information content (AvgIpc) is 2.66. The fraction of sp³-hybridized carbons (Fsp3) is 0.429. The van der Waals surface area contributed by atoms with E-state index in [0.717, 1.165) is 31.4 Å². The van der Waals surface area contributed by atoms with E-state index < -0.39 is 0 Å². The van der Waals surface area contributed by atoms with Crippen molar-refractivity contribution < 1.29 is 9.59 Å². The van der Waals surface area contributed by atoms with E-state index in [-0.39, 0.29) is 17.7 Å². The second-order valence-electron chi connectivity index (χ2n) is 6.80. The summed E-state index contributed by atoms with van der Waals surface area (Å²) in [6, 6.07) is 14.4. The Balaban J connectivity index is 1.54. The molecule has 2 aromatic rings. The Morgan fingerprint density at radius 3 is 2.52 bits per heavy atom. The van der Waals surface area contributed by atoms with Gasteiger partial charge in [-0.3, -0.25) is 9.59 Å². The number of fused-ring (bicyclic) bond motifs is 1. The molecule has 1 N–H and O–H groups in total. The fourth-order valence-electron chi connectivity index (χ4n) is 3.42. The molecular formula is C21H26N2O2. The fourth-order valence-corrected chi connectivity index (χ4v) is 3.42. The zero-order chi connectivity index (χ0) is 17.6. The average molecular weight is 338 g/mol. The highest BCUT2D eigenvalue weighted by Gasteiger charge is 2.26. The van der Waals surface area contributed by atoms with Crippen molar-refractivity contribution >= 4 is 22.6 Å². The van der Waals surface area contributed by atoms with Gasteiger partial charge < -0.3 is 10.2 Å². The van der Waals surface area contributed by atoms with E-state index in [0.29, 0.717) is 19.5 Å². The van der Waals surface area contributed by atoms with Crippen LogP contribution >= 0.6 is 0 Å². The predicted molar refractivity (Wildman–Crippen MR) is 100 cm³/mol. The summed E-state index contributed by atoms with van der Waals surface area (Å²) in [6.45, 7) is 4.14. The molecule has 132 valence electrons. The molecule has 0 spiro atoms. The molecule has 0 unspecified atom stereocenters. The number of hydrogen-bond donors (Lipinski definition) is 1. The molecule has 0 atom stereocenters. The second kappa shape index (κ2) is 8.15. The Morgan fingerprint density at radius 1 is 1.08 bits per heavy atom. The summed E-state index contributed by atoms with van der Waals surface area (Å²) in [4.78, 5) is 26.5. The van der Waals surface area contributed by atoms with Crippen LogP contribution in [0.4, 0.5) is 0 Å². The summed E-state index contributed by atoms with van der Waals surface area (Å²) in [5.41, 5.74) is 1.05. The Hall–Kier alpha value is -2.36. The molecule has 0 bridgehead atoms. The topological polar surface area (TPSA) is 49.4 Å². The van der Waals surface area contributed by atoms with Crippen LogP contribution in [0.1, 0.15) is 31.7 Å². The lowest BCUT2D eigenvalue weighted by molar-refractivity contribution is -0.135. The molecule has 2 amide bonds. The van der Waals surface area contributed by atoms with Gasteiger partial charge in [-0.25, -0.2) is 0 Å². The van der Waals surface area contributed by atoms with Gasteiger partial charge in [0.1, 0.15) is 0 Å². The number of benzene rings is 2. The quantitative estimate of drug-likeness (QED) is 0.910. The van der Waals surface area contributed by atoms with Crippen LogP contribution in [0.15, 0.2) is 42.5 Å². The number of amides is 2. The van der Waals surface area contributed by atoms with Crippen LogP contribution in [0.2, 0.25) is 0 Å². The summed E-state index contributed by atoms with van der Waals surface area (Å²) in [5, 5.41) is 5.32. The standard InChI is InChI=1S/C21H26N2O2/c1-2-11-22-21(25)18-9-12-23(13-10-18)20(24)15-16-7-8-17-5-3-4-6-19(17)14-16/h3-8,14,18H,2,9-13,15H2,1H3,(H,22,25). The Bertz CT molecular complexity index is 748. The van der Waals surface area contributed by atoms with E-state index in [4.69, 9.17) is 0 Å². The van der Waals surface area contributed by atoms with E-state index in [9.17, 15) is 9.59 Å². The normalized spacial score (nSPS) is 15.3. The molecule has 25 heavy (non-hydrogen) atoms. The van der Waals surface area contributed by atoms with Crippen molar-refractivity contribution in [2.45, 2.75) is 32.6 Å². The molecule has 0 aliphatic carbocycles. The predicted octanol–water partition coefficient (Wildman–Crippen LogP) is 3.15. The molecule has 1 saturated heterocycles. The molecule has 0 saturated carbocycles. The number of rotatable bonds is 5. The lowest BCUT2D eigenvalue weighted by atomic mass is 9.95. The molecular weight excluding hydrogens is 312 g/mol. The van der Waals surface area contributed by atoms with Crippen molar-refractivity contribution in [3.05, 3.63) is 48.0 Å². The second-order valence-corrected chi connectivity index (χ2v) is 6.80. The summed E-state index contributed by atoms with van der Waals surface area (Å²) in [6.07, 6.45) is 2.91. The zero-order valence-corrected chi connectivity index (χ0v) is 14.8. The van der Waals surface area contributed by atoms with Gasteiger partial charge >= 0.3 is 0 Å². The Kier molecular flexibility index (Phi) is 5.69. The molecule has 2 aromatic carbocycles. The summed E-state index contributed by atoms with van der Waals surface area (Å²) in [5.74, 6) is 0.349. The molecule has 4 nitrogen and oxygen atoms in total. The summed E-state index contributed by atoms with van der Waals surface area (Å²) in [7, 11) is 0. The van der Waals surface area contributed by atoms with Crippen LogP contribution in [0, 0.1) is 5.92 Å². The van der Waals surface area contributed by atoms with E-state index in [1.165, 1.54) is 10.8 Å². The third-order valence-corrected chi connectivity index (χ3v) is 4.94. The van der Waals surface area contributed by atoms with E-state index >= 15 is 0 Å². The first-order chi connectivity index (χ1) is 12.2. The van der Waals surface area contributed by atoms with Crippen molar-refractivity contribution in [1.82, 2.24) is 10.2 Å². The smallest absolute Gasteiger partial charge is 0.226 e. The van der Waals surface area contributed by atoms with Crippen molar-refractivity contribution in [3.63, 3.8) is 0 Å². The molecule has 1 aliphatic heterocycles. The van der Waals surface area contributed by atoms with E-state index in [1.807, 2.05) is 30.0 Å². The van der Waals surface area contributed by atoms with Crippen molar-refractivity contribution in [2.75, 3.05) is 19.6 Å². The van der Waals surface area contributed by atoms with Gasteiger partial charge in [0, 0.05) is 25.6 Å². The van der Waals surface area contributed by atoms with Gasteiger partial charge in [0.15, 0.2) is 0 Å². The van der Waals surface area contributed by atoms with Crippen LogP contribution in [0.5, 0.6) is 0 Å². The third-order valence-electron chi connectivity index (χ3n) is 4.94. The van der Waals surface area contributed by atoms with Crippen LogP contribution in [0.25, 0.3) is 10.8 Å². The number of nitrogens with zero attached hydrogens (tertiary/aromatic N) is 1. The summed E-state index contributed by atoms with van der Waals surface area (Å²) >= 11 is 0. The van der Waals surface area contributed by atoms with Crippen molar-refractivity contribution in [3.8, 4) is 0 Å². The maximum Gasteiger partial charge on any atom is 0.226 e. The van der Waals surface area contributed by atoms with Crippen molar-refractivity contribution in [2.24, 2.45) is 5.92 Å². The number of carbonyl (C=O) groups excluding carboxylic acids is 2. The number of hydrogen-bond acceptors (Lipinski definition) is 2. The van der Waals surface area contributed by atoms with Gasteiger partial charge in [0.2, 0.25) is 11.8 Å². The number of carbonyl (C=O) groups is 2. The number of nitrogens with one attached hydrogen (secondary N) is 1. The monoisotopic (exact) mass is 338 g/mol. The van der Waals surface area contributed by atoms with E-state index in [2.05, 4.69) is 29.6 Å². The van der Waals surface area contributed by atoms with Crippen LogP contribution in [0.3, 0.4) is 0 Å². The first-order valence-corrected chi connectivity index (χ1v) is 9.20. The molecule has 0 aromatic heterocycles. The van der Waals surface area contributed by atoms with Gasteiger partial charge in [0.25, 0.3) is 0 Å². The highest BCUT2D eigenvalue weighted by molar-refractivity contribution is 5.85. The first kappa shape index (κ1) is 17.5. The van der Waals surface area contributed by atoms with Gasteiger partial charge in [0.05, 0.1) is 6.42 Å². The lowest BCUT2D eigenvalue weighted by Gasteiger charge is -2.31. The number of piperidine rings is 1. The maximum atomic E-state index is 12.6. The van der Waals surface area contributed by atoms with Gasteiger partial charge in [-0.1, -0.05) is 49.4 Å². The Morgan fingerprint density at radius 2 is 1.80 bits per heavy atom. The van der Waals surface area contributed by atoms with Gasteiger partial charge in [-0.2, -0.15) is 0 Å². The maximum absolute atomic E-state index is 12.6. The Labute approximate surface area is 149 Å². The minimum Gasteiger partial charge on any atom is -0.356 e. The molecule has 4 heteroatoms. The first-order valence-electron chi connectivity index (χ1n) is 9.20. The molecule has 0 radical (unpaired) electrons. The molecule has 1 aliphatic rings. The third kappa shape index (κ3) is 4.38. The molecule has 1 heterocycles. The van der Waals surface area contributed by atoms with E-state index in [1.54, 1.807) is 0 Å². The zero-order valence-electron chi connectivity index (χ0n) is 14.8. The van der Waals surface area contributed by atoms with Gasteiger partial charge in [-0.05, 0) is 35.6 Å². The van der Waals surface area contributed by atoms with Crippen LogP contribution in [-0.2, 0) is 16.0 Å². The largest absolute Gasteiger partial charge is 0.356 e. The van der Waals surface area contributed by atoms with Crippen LogP contribution in [-0.4, -0.2) is 36.3 Å². The van der Waals surface area contributed by atoms with Crippen LogP contribution < -0.4 is 5.32 Å². The minimum absolute atomic E-state index is 0.0521. The highest BCUT2D eigenvalue weighted by Crippen LogP contribution is 2.20. The molecule has 1 fully saturated rings. The molecule has 3 rings (SSSR count). The highest BCUT2D eigenvalue weighted by atomic mass is 16.2. The van der Waals surface area contributed by atoms with Gasteiger partial charge in [-0.15, -0.1) is 0 Å². The number of likely N-dealkylation sites (tertiary alicyclic amines) is 1. The lowest BCUT2D eigenvalue weighted by Crippen LogP contribution is -2.43. The SMILES string of the molecule is CCCNC(=O)C1CCN(C(=O)Cc2ccc3ccccc3c2)CC1.